The van der Waals surface area contributed by atoms with Crippen LogP contribution < -0.4 is 5.32 Å². The van der Waals surface area contributed by atoms with Crippen molar-refractivity contribution in [2.45, 2.75) is 39.8 Å². The third kappa shape index (κ3) is 2.74. The highest BCUT2D eigenvalue weighted by Crippen LogP contribution is 2.20. The minimum Gasteiger partial charge on any atom is -0.465 e. The van der Waals surface area contributed by atoms with Gasteiger partial charge in [0.15, 0.2) is 0 Å². The van der Waals surface area contributed by atoms with E-state index in [0.29, 0.717) is 11.8 Å². The number of aryl methyl sites for hydroxylation is 2. The molecule has 0 spiro atoms. The number of nitrogens with zero attached hydrogens (tertiary/aromatic N) is 2. The number of nitrogens with one attached hydrogen (secondary N) is 1. The van der Waals surface area contributed by atoms with Crippen LogP contribution in [0.5, 0.6) is 0 Å². The van der Waals surface area contributed by atoms with Gasteiger partial charge in [0.25, 0.3) is 0 Å². The van der Waals surface area contributed by atoms with Crippen molar-refractivity contribution >= 4 is 0 Å². The molecule has 0 aliphatic heterocycles. The summed E-state index contributed by atoms with van der Waals surface area (Å²) in [5.74, 6) is 2.99. The molecule has 0 amide bonds. The highest BCUT2D eigenvalue weighted by molar-refractivity contribution is 5.09. The molecule has 2 unspecified atom stereocenters. The first-order valence-electron chi connectivity index (χ1n) is 5.68. The number of rotatable bonds is 4. The third-order valence-electron chi connectivity index (χ3n) is 2.60. The zero-order valence-electron chi connectivity index (χ0n) is 10.5. The lowest BCUT2D eigenvalue weighted by Gasteiger charge is -2.15. The lowest BCUT2D eigenvalue weighted by molar-refractivity contribution is 0.349. The quantitative estimate of drug-likeness (QED) is 0.882. The summed E-state index contributed by atoms with van der Waals surface area (Å²) < 4.78 is 10.9. The van der Waals surface area contributed by atoms with Gasteiger partial charge in [-0.15, -0.1) is 10.2 Å². The van der Waals surface area contributed by atoms with Gasteiger partial charge in [0, 0.05) is 6.92 Å². The number of hydrogen-bond donors (Lipinski definition) is 1. The highest BCUT2D eigenvalue weighted by Gasteiger charge is 2.17. The molecule has 2 atom stereocenters. The Morgan fingerprint density at radius 2 is 1.82 bits per heavy atom. The van der Waals surface area contributed by atoms with Gasteiger partial charge in [-0.25, -0.2) is 0 Å². The Labute approximate surface area is 100 Å². The molecule has 0 saturated carbocycles. The maximum absolute atomic E-state index is 5.56. The van der Waals surface area contributed by atoms with Gasteiger partial charge < -0.3 is 8.83 Å². The summed E-state index contributed by atoms with van der Waals surface area (Å²) in [5, 5.41) is 11.1. The molecule has 0 bridgehead atoms. The summed E-state index contributed by atoms with van der Waals surface area (Å²) in [6, 6.07) is 4.02. The average molecular weight is 235 g/mol. The van der Waals surface area contributed by atoms with E-state index in [1.165, 1.54) is 0 Å². The molecule has 5 heteroatoms. The van der Waals surface area contributed by atoms with Crippen molar-refractivity contribution in [3.8, 4) is 0 Å². The number of aromatic nitrogens is 2. The molecule has 2 rings (SSSR count). The van der Waals surface area contributed by atoms with Crippen molar-refractivity contribution in [1.82, 2.24) is 15.5 Å². The number of hydrogen-bond acceptors (Lipinski definition) is 5. The van der Waals surface area contributed by atoms with Gasteiger partial charge in [-0.05, 0) is 32.9 Å². The summed E-state index contributed by atoms with van der Waals surface area (Å²) in [5.41, 5.74) is 0. The summed E-state index contributed by atoms with van der Waals surface area (Å²) in [4.78, 5) is 0. The second kappa shape index (κ2) is 4.71. The zero-order valence-corrected chi connectivity index (χ0v) is 10.5. The molecular weight excluding hydrogens is 218 g/mol. The topological polar surface area (TPSA) is 64.1 Å². The van der Waals surface area contributed by atoms with E-state index in [9.17, 15) is 0 Å². The largest absolute Gasteiger partial charge is 0.465 e. The molecule has 0 aliphatic rings. The molecule has 5 nitrogen and oxygen atoms in total. The van der Waals surface area contributed by atoms with Crippen LogP contribution in [0.3, 0.4) is 0 Å². The summed E-state index contributed by atoms with van der Waals surface area (Å²) in [6.07, 6.45) is 0. The molecule has 0 fully saturated rings. The van der Waals surface area contributed by atoms with Crippen molar-refractivity contribution in [3.63, 3.8) is 0 Å². The molecule has 1 N–H and O–H groups in total. The fourth-order valence-electron chi connectivity index (χ4n) is 1.70. The minimum absolute atomic E-state index is 0.00314. The predicted octanol–water partition coefficient (Wildman–Crippen LogP) is 2.69. The van der Waals surface area contributed by atoms with Crippen LogP contribution in [0.4, 0.5) is 0 Å². The Balaban J connectivity index is 2.01. The molecule has 2 aromatic heterocycles. The lowest BCUT2D eigenvalue weighted by atomic mass is 10.2. The highest BCUT2D eigenvalue weighted by atomic mass is 16.4. The summed E-state index contributed by atoms with van der Waals surface area (Å²) in [7, 11) is 0. The molecule has 0 saturated heterocycles. The summed E-state index contributed by atoms with van der Waals surface area (Å²) >= 11 is 0. The van der Waals surface area contributed by atoms with E-state index in [4.69, 9.17) is 8.83 Å². The van der Waals surface area contributed by atoms with Crippen molar-refractivity contribution in [2.75, 3.05) is 0 Å². The Kier molecular flexibility index (Phi) is 3.28. The van der Waals surface area contributed by atoms with Gasteiger partial charge in [-0.3, -0.25) is 5.32 Å². The van der Waals surface area contributed by atoms with Crippen LogP contribution in [0, 0.1) is 13.8 Å². The van der Waals surface area contributed by atoms with E-state index in [0.717, 1.165) is 11.5 Å². The maximum atomic E-state index is 5.56. The van der Waals surface area contributed by atoms with Crippen molar-refractivity contribution in [1.29, 1.82) is 0 Å². The standard InChI is InChI=1S/C12H17N3O2/c1-7-5-6-11(16-7)8(2)13-9(3)12-15-14-10(4)17-12/h5-6,8-9,13H,1-4H3. The maximum Gasteiger partial charge on any atom is 0.233 e. The van der Waals surface area contributed by atoms with E-state index in [-0.39, 0.29) is 12.1 Å². The predicted molar refractivity (Wildman–Crippen MR) is 62.4 cm³/mol. The Bertz CT molecular complexity index is 445. The van der Waals surface area contributed by atoms with E-state index in [1.807, 2.05) is 32.9 Å². The van der Waals surface area contributed by atoms with E-state index < -0.39 is 0 Å². The Hall–Kier alpha value is -1.62. The van der Waals surface area contributed by atoms with Crippen LogP contribution in [-0.2, 0) is 0 Å². The van der Waals surface area contributed by atoms with Crippen LogP contribution in [0.15, 0.2) is 21.0 Å². The van der Waals surface area contributed by atoms with E-state index in [2.05, 4.69) is 15.5 Å². The second-order valence-corrected chi connectivity index (χ2v) is 4.22. The Morgan fingerprint density at radius 3 is 2.35 bits per heavy atom. The Morgan fingerprint density at radius 1 is 1.06 bits per heavy atom. The smallest absolute Gasteiger partial charge is 0.233 e. The molecule has 0 aromatic carbocycles. The van der Waals surface area contributed by atoms with E-state index in [1.54, 1.807) is 6.92 Å². The fourth-order valence-corrected chi connectivity index (χ4v) is 1.70. The van der Waals surface area contributed by atoms with Crippen LogP contribution in [0.1, 0.15) is 49.2 Å². The van der Waals surface area contributed by atoms with Crippen molar-refractivity contribution in [2.24, 2.45) is 0 Å². The summed E-state index contributed by atoms with van der Waals surface area (Å²) in [6.45, 7) is 7.74. The van der Waals surface area contributed by atoms with Crippen LogP contribution in [-0.4, -0.2) is 10.2 Å². The van der Waals surface area contributed by atoms with Crippen LogP contribution in [0.25, 0.3) is 0 Å². The van der Waals surface area contributed by atoms with Crippen LogP contribution >= 0.6 is 0 Å². The third-order valence-corrected chi connectivity index (χ3v) is 2.60. The molecular formula is C12H17N3O2. The van der Waals surface area contributed by atoms with Crippen LogP contribution in [0.2, 0.25) is 0 Å². The number of furan rings is 1. The molecule has 0 aliphatic carbocycles. The molecule has 17 heavy (non-hydrogen) atoms. The molecule has 0 radical (unpaired) electrons. The average Bonchev–Trinajstić information content (AvgIpc) is 2.87. The van der Waals surface area contributed by atoms with Gasteiger partial charge in [0.2, 0.25) is 11.8 Å². The molecule has 92 valence electrons. The first kappa shape index (κ1) is 11.9. The second-order valence-electron chi connectivity index (χ2n) is 4.22. The first-order chi connectivity index (χ1) is 8.06. The van der Waals surface area contributed by atoms with Crippen molar-refractivity contribution < 1.29 is 8.83 Å². The minimum atomic E-state index is -0.00314. The van der Waals surface area contributed by atoms with Gasteiger partial charge in [-0.1, -0.05) is 0 Å². The SMILES string of the molecule is Cc1ccc(C(C)NC(C)c2nnc(C)o2)o1. The zero-order chi connectivity index (χ0) is 12.4. The van der Waals surface area contributed by atoms with Gasteiger partial charge in [0.1, 0.15) is 11.5 Å². The fraction of sp³-hybridized carbons (Fsp3) is 0.500. The monoisotopic (exact) mass is 235 g/mol. The molecule has 2 heterocycles. The first-order valence-corrected chi connectivity index (χ1v) is 5.68. The van der Waals surface area contributed by atoms with E-state index >= 15 is 0 Å². The van der Waals surface area contributed by atoms with Gasteiger partial charge in [-0.2, -0.15) is 0 Å². The van der Waals surface area contributed by atoms with Crippen molar-refractivity contribution in [3.05, 3.63) is 35.4 Å². The lowest BCUT2D eigenvalue weighted by Crippen LogP contribution is -2.22. The molecule has 2 aromatic rings. The normalized spacial score (nSPS) is 14.8. The van der Waals surface area contributed by atoms with Gasteiger partial charge >= 0.3 is 0 Å². The van der Waals surface area contributed by atoms with Gasteiger partial charge in [0.05, 0.1) is 12.1 Å².